The first-order chi connectivity index (χ1) is 12.7. The zero-order valence-electron chi connectivity index (χ0n) is 15.1. The van der Waals surface area contributed by atoms with Crippen LogP contribution in [0.2, 0.25) is 0 Å². The number of methoxy groups -OCH3 is 1. The van der Waals surface area contributed by atoms with Crippen molar-refractivity contribution < 1.29 is 9.53 Å². The second kappa shape index (κ2) is 6.82. The highest BCUT2D eigenvalue weighted by Crippen LogP contribution is 2.34. The van der Waals surface area contributed by atoms with E-state index in [9.17, 15) is 4.79 Å². The number of amides is 1. The van der Waals surface area contributed by atoms with Gasteiger partial charge in [0.1, 0.15) is 5.75 Å². The van der Waals surface area contributed by atoms with Gasteiger partial charge in [-0.1, -0.05) is 19.3 Å². The summed E-state index contributed by atoms with van der Waals surface area (Å²) < 4.78 is 6.95. The Bertz CT molecular complexity index is 937. The lowest BCUT2D eigenvalue weighted by molar-refractivity contribution is 0.102. The average molecular weight is 353 g/mol. The molecule has 1 fully saturated rings. The maximum Gasteiger partial charge on any atom is 0.260 e. The zero-order chi connectivity index (χ0) is 18.1. The molecule has 0 spiro atoms. The quantitative estimate of drug-likeness (QED) is 0.750. The van der Waals surface area contributed by atoms with Crippen LogP contribution in [0.3, 0.4) is 0 Å². The third-order valence-electron chi connectivity index (χ3n) is 5.10. The number of aryl methyl sites for hydroxylation is 1. The van der Waals surface area contributed by atoms with Crippen molar-refractivity contribution in [1.29, 1.82) is 0 Å². The number of rotatable bonds is 4. The fourth-order valence-electron chi connectivity index (χ4n) is 3.75. The van der Waals surface area contributed by atoms with Crippen LogP contribution in [0, 0.1) is 0 Å². The molecule has 1 amide bonds. The largest absolute Gasteiger partial charge is 0.497 e. The summed E-state index contributed by atoms with van der Waals surface area (Å²) in [6.45, 7) is 0. The van der Waals surface area contributed by atoms with Gasteiger partial charge in [-0.2, -0.15) is 10.2 Å². The number of benzene rings is 1. The van der Waals surface area contributed by atoms with Crippen molar-refractivity contribution >= 4 is 22.6 Å². The molecule has 1 aliphatic rings. The van der Waals surface area contributed by atoms with Gasteiger partial charge in [-0.05, 0) is 25.0 Å². The normalized spacial score (nSPS) is 15.3. The van der Waals surface area contributed by atoms with Gasteiger partial charge in [0.15, 0.2) is 5.82 Å². The lowest BCUT2D eigenvalue weighted by atomic mass is 9.85. The summed E-state index contributed by atoms with van der Waals surface area (Å²) in [5.41, 5.74) is 2.37. The Balaban J connectivity index is 1.61. The summed E-state index contributed by atoms with van der Waals surface area (Å²) in [5.74, 6) is 1.46. The van der Waals surface area contributed by atoms with Crippen LogP contribution in [0.25, 0.3) is 10.9 Å². The van der Waals surface area contributed by atoms with Gasteiger partial charge in [0, 0.05) is 30.6 Å². The molecule has 0 saturated heterocycles. The van der Waals surface area contributed by atoms with Gasteiger partial charge in [-0.3, -0.25) is 14.6 Å². The lowest BCUT2D eigenvalue weighted by Crippen LogP contribution is -2.16. The highest BCUT2D eigenvalue weighted by molar-refractivity contribution is 6.08. The van der Waals surface area contributed by atoms with Crippen molar-refractivity contribution in [1.82, 2.24) is 20.0 Å². The van der Waals surface area contributed by atoms with E-state index in [1.807, 2.05) is 25.2 Å². The number of H-pyrrole nitrogens is 1. The summed E-state index contributed by atoms with van der Waals surface area (Å²) in [7, 11) is 3.48. The van der Waals surface area contributed by atoms with Gasteiger partial charge in [-0.15, -0.1) is 0 Å². The predicted octanol–water partition coefficient (Wildman–Crippen LogP) is 3.61. The summed E-state index contributed by atoms with van der Waals surface area (Å²) in [4.78, 5) is 12.9. The fraction of sp³-hybridized carbons (Fsp3) is 0.421. The van der Waals surface area contributed by atoms with E-state index < -0.39 is 0 Å². The van der Waals surface area contributed by atoms with Crippen LogP contribution < -0.4 is 10.1 Å². The van der Waals surface area contributed by atoms with Crippen molar-refractivity contribution in [3.8, 4) is 5.75 Å². The molecule has 7 heteroatoms. The van der Waals surface area contributed by atoms with Crippen LogP contribution in [-0.4, -0.2) is 33.0 Å². The van der Waals surface area contributed by atoms with E-state index in [0.29, 0.717) is 17.3 Å². The monoisotopic (exact) mass is 353 g/mol. The molecule has 4 rings (SSSR count). The van der Waals surface area contributed by atoms with Gasteiger partial charge >= 0.3 is 0 Å². The number of carbonyl (C=O) groups excluding carboxylic acids is 1. The van der Waals surface area contributed by atoms with Crippen LogP contribution in [0.15, 0.2) is 24.4 Å². The summed E-state index contributed by atoms with van der Waals surface area (Å²) in [6.07, 6.45) is 7.68. The minimum Gasteiger partial charge on any atom is -0.497 e. The van der Waals surface area contributed by atoms with Crippen molar-refractivity contribution in [3.05, 3.63) is 35.7 Å². The van der Waals surface area contributed by atoms with E-state index >= 15 is 0 Å². The first-order valence-electron chi connectivity index (χ1n) is 9.02. The number of hydrogen-bond donors (Lipinski definition) is 2. The number of anilines is 1. The second-order valence-corrected chi connectivity index (χ2v) is 6.87. The Kier molecular flexibility index (Phi) is 4.36. The van der Waals surface area contributed by atoms with Gasteiger partial charge in [0.2, 0.25) is 0 Å². The second-order valence-electron chi connectivity index (χ2n) is 6.87. The molecule has 0 atom stereocenters. The van der Waals surface area contributed by atoms with E-state index in [4.69, 9.17) is 4.74 Å². The number of hydrogen-bond acceptors (Lipinski definition) is 4. The Labute approximate surface area is 151 Å². The SMILES string of the molecule is COc1ccc2c(NC(=O)c3cn(C)nc3C3CCCCC3)n[nH]c2c1. The topological polar surface area (TPSA) is 84.8 Å². The third-order valence-corrected chi connectivity index (χ3v) is 5.10. The molecule has 26 heavy (non-hydrogen) atoms. The van der Waals surface area contributed by atoms with Crippen LogP contribution >= 0.6 is 0 Å². The molecule has 136 valence electrons. The molecule has 1 saturated carbocycles. The Morgan fingerprint density at radius 1 is 1.31 bits per heavy atom. The van der Waals surface area contributed by atoms with Crippen LogP contribution in [0.5, 0.6) is 5.75 Å². The van der Waals surface area contributed by atoms with Crippen molar-refractivity contribution in [3.63, 3.8) is 0 Å². The fourth-order valence-corrected chi connectivity index (χ4v) is 3.75. The number of aromatic amines is 1. The van der Waals surface area contributed by atoms with Gasteiger partial charge < -0.3 is 10.1 Å². The number of ether oxygens (including phenoxy) is 1. The van der Waals surface area contributed by atoms with E-state index in [-0.39, 0.29) is 5.91 Å². The summed E-state index contributed by atoms with van der Waals surface area (Å²) in [6, 6.07) is 5.60. The number of nitrogens with one attached hydrogen (secondary N) is 2. The minimum absolute atomic E-state index is 0.164. The lowest BCUT2D eigenvalue weighted by Gasteiger charge is -2.20. The Hall–Kier alpha value is -2.83. The maximum atomic E-state index is 12.9. The Morgan fingerprint density at radius 3 is 2.88 bits per heavy atom. The average Bonchev–Trinajstić information content (AvgIpc) is 3.25. The van der Waals surface area contributed by atoms with Crippen molar-refractivity contribution in [2.45, 2.75) is 38.0 Å². The summed E-state index contributed by atoms with van der Waals surface area (Å²) in [5, 5.41) is 15.5. The molecule has 0 bridgehead atoms. The molecule has 2 heterocycles. The summed E-state index contributed by atoms with van der Waals surface area (Å²) >= 11 is 0. The first-order valence-corrected chi connectivity index (χ1v) is 9.02. The van der Waals surface area contributed by atoms with E-state index in [1.165, 1.54) is 19.3 Å². The molecule has 1 aromatic carbocycles. The number of carbonyl (C=O) groups is 1. The molecule has 7 nitrogen and oxygen atoms in total. The van der Waals surface area contributed by atoms with Crippen LogP contribution in [0.4, 0.5) is 5.82 Å². The molecule has 0 radical (unpaired) electrons. The van der Waals surface area contributed by atoms with Crippen molar-refractivity contribution in [2.75, 3.05) is 12.4 Å². The molecular weight excluding hydrogens is 330 g/mol. The predicted molar refractivity (Wildman–Crippen MR) is 99.6 cm³/mol. The van der Waals surface area contributed by atoms with Crippen LogP contribution in [0.1, 0.15) is 54.1 Å². The Morgan fingerprint density at radius 2 is 2.12 bits per heavy atom. The molecular formula is C19H23N5O2. The highest BCUT2D eigenvalue weighted by atomic mass is 16.5. The van der Waals surface area contributed by atoms with E-state index in [2.05, 4.69) is 20.6 Å². The molecule has 1 aliphatic carbocycles. The number of nitrogens with zero attached hydrogens (tertiary/aromatic N) is 3. The number of fused-ring (bicyclic) bond motifs is 1. The third kappa shape index (κ3) is 3.05. The molecule has 0 aliphatic heterocycles. The molecule has 2 aromatic heterocycles. The molecule has 2 N–H and O–H groups in total. The first kappa shape index (κ1) is 16.6. The van der Waals surface area contributed by atoms with Gasteiger partial charge in [0.25, 0.3) is 5.91 Å². The maximum absolute atomic E-state index is 12.9. The van der Waals surface area contributed by atoms with Crippen LogP contribution in [-0.2, 0) is 7.05 Å². The minimum atomic E-state index is -0.164. The van der Waals surface area contributed by atoms with E-state index in [1.54, 1.807) is 18.0 Å². The highest BCUT2D eigenvalue weighted by Gasteiger charge is 2.25. The zero-order valence-corrected chi connectivity index (χ0v) is 15.1. The smallest absolute Gasteiger partial charge is 0.260 e. The number of aromatic nitrogens is 4. The molecule has 0 unspecified atom stereocenters. The van der Waals surface area contributed by atoms with Crippen molar-refractivity contribution in [2.24, 2.45) is 7.05 Å². The van der Waals surface area contributed by atoms with E-state index in [0.717, 1.165) is 35.2 Å². The standard InChI is InChI=1S/C19H23N5O2/c1-24-11-15(17(23-24)12-6-4-3-5-7-12)19(25)20-18-14-9-8-13(26-2)10-16(14)21-22-18/h8-12H,3-7H2,1-2H3,(H2,20,21,22,25). The van der Waals surface area contributed by atoms with Gasteiger partial charge in [0.05, 0.1) is 23.9 Å². The molecule has 3 aromatic rings. The van der Waals surface area contributed by atoms with Gasteiger partial charge in [-0.25, -0.2) is 0 Å².